The molecule has 0 aromatic heterocycles. The maximum atomic E-state index is 12.0. The Morgan fingerprint density at radius 3 is 2.23 bits per heavy atom. The minimum Gasteiger partial charge on any atom is -0.325 e. The molecule has 0 saturated carbocycles. The number of nitrogens with zero attached hydrogens (tertiary/aromatic N) is 1. The smallest absolute Gasteiger partial charge is 0.325 e. The zero-order valence-corrected chi connectivity index (χ0v) is 13.0. The minimum absolute atomic E-state index is 0.0636. The molecule has 0 unspecified atom stereocenters. The van der Waals surface area contributed by atoms with Crippen LogP contribution in [0.5, 0.6) is 0 Å². The highest BCUT2D eigenvalue weighted by atomic mass is 16.7. The van der Waals surface area contributed by atoms with Gasteiger partial charge >= 0.3 is 5.97 Å². The maximum Gasteiger partial charge on any atom is 0.363 e. The van der Waals surface area contributed by atoms with Crippen molar-refractivity contribution in [3.05, 3.63) is 48.6 Å². The number of amides is 2. The number of hydrogen-bond acceptors (Lipinski definition) is 4. The number of allylic oxidation sites excluding steroid dienone is 4. The molecule has 2 amide bonds. The van der Waals surface area contributed by atoms with Gasteiger partial charge in [0.1, 0.15) is 0 Å². The molecule has 118 valence electrons. The Bertz CT molecular complexity index is 539. The SMILES string of the molecule is C=C/C(=C\C=C(/C=C)C(=O)ON1C(=O)CCC1=O)CC(C)C. The van der Waals surface area contributed by atoms with Crippen molar-refractivity contribution in [2.45, 2.75) is 33.1 Å². The third-order valence-corrected chi connectivity index (χ3v) is 3.02. The van der Waals surface area contributed by atoms with Gasteiger partial charge in [0.15, 0.2) is 0 Å². The van der Waals surface area contributed by atoms with Gasteiger partial charge in [0.2, 0.25) is 0 Å². The second-order valence-corrected chi connectivity index (χ2v) is 5.33. The van der Waals surface area contributed by atoms with Crippen molar-refractivity contribution in [3.8, 4) is 0 Å². The predicted octanol–water partition coefficient (Wildman–Crippen LogP) is 2.86. The number of rotatable bonds is 7. The van der Waals surface area contributed by atoms with E-state index in [4.69, 9.17) is 4.84 Å². The van der Waals surface area contributed by atoms with E-state index in [0.717, 1.165) is 12.0 Å². The predicted molar refractivity (Wildman–Crippen MR) is 83.2 cm³/mol. The molecule has 0 spiro atoms. The van der Waals surface area contributed by atoms with Crippen LogP contribution < -0.4 is 0 Å². The van der Waals surface area contributed by atoms with Crippen molar-refractivity contribution in [1.82, 2.24) is 5.06 Å². The first-order valence-corrected chi connectivity index (χ1v) is 7.12. The van der Waals surface area contributed by atoms with Crippen molar-refractivity contribution >= 4 is 17.8 Å². The molecule has 0 aromatic carbocycles. The van der Waals surface area contributed by atoms with Crippen molar-refractivity contribution in [1.29, 1.82) is 0 Å². The molecule has 0 radical (unpaired) electrons. The lowest BCUT2D eigenvalue weighted by molar-refractivity contribution is -0.194. The summed E-state index contributed by atoms with van der Waals surface area (Å²) in [5.74, 6) is -1.35. The molecule has 0 atom stereocenters. The van der Waals surface area contributed by atoms with Gasteiger partial charge in [-0.15, -0.1) is 5.06 Å². The largest absolute Gasteiger partial charge is 0.363 e. The molecule has 0 aromatic rings. The summed E-state index contributed by atoms with van der Waals surface area (Å²) in [6.07, 6.45) is 7.28. The van der Waals surface area contributed by atoms with Crippen LogP contribution in [0.1, 0.15) is 33.1 Å². The third kappa shape index (κ3) is 4.84. The first kappa shape index (κ1) is 17.6. The molecule has 5 heteroatoms. The molecule has 1 rings (SSSR count). The first-order valence-electron chi connectivity index (χ1n) is 7.12. The average molecular weight is 303 g/mol. The van der Waals surface area contributed by atoms with Crippen molar-refractivity contribution in [2.75, 3.05) is 0 Å². The van der Waals surface area contributed by atoms with Crippen LogP contribution >= 0.6 is 0 Å². The molecular formula is C17H21NO4. The van der Waals surface area contributed by atoms with Crippen LogP contribution in [-0.2, 0) is 19.2 Å². The Hall–Kier alpha value is -2.43. The highest BCUT2D eigenvalue weighted by Crippen LogP contribution is 2.15. The first-order chi connectivity index (χ1) is 10.4. The van der Waals surface area contributed by atoms with Crippen molar-refractivity contribution < 1.29 is 19.2 Å². The fraction of sp³-hybridized carbons (Fsp3) is 0.353. The number of hydroxylamine groups is 2. The summed E-state index contributed by atoms with van der Waals surface area (Å²) in [5, 5.41) is 0.520. The van der Waals surface area contributed by atoms with Crippen LogP contribution in [0.2, 0.25) is 0 Å². The monoisotopic (exact) mass is 303 g/mol. The van der Waals surface area contributed by atoms with E-state index in [1.165, 1.54) is 6.08 Å². The third-order valence-electron chi connectivity index (χ3n) is 3.02. The van der Waals surface area contributed by atoms with E-state index in [1.807, 2.05) is 0 Å². The average Bonchev–Trinajstić information content (AvgIpc) is 2.78. The van der Waals surface area contributed by atoms with Gasteiger partial charge < -0.3 is 4.84 Å². The summed E-state index contributed by atoms with van der Waals surface area (Å²) in [5.41, 5.74) is 1.13. The second-order valence-electron chi connectivity index (χ2n) is 5.33. The number of carbonyl (C=O) groups is 3. The zero-order valence-electron chi connectivity index (χ0n) is 13.0. The van der Waals surface area contributed by atoms with Crippen LogP contribution in [0.15, 0.2) is 48.6 Å². The highest BCUT2D eigenvalue weighted by Gasteiger charge is 2.33. The Morgan fingerprint density at radius 1 is 1.18 bits per heavy atom. The number of carbonyl (C=O) groups excluding carboxylic acids is 3. The molecule has 1 saturated heterocycles. The fourth-order valence-electron chi connectivity index (χ4n) is 1.90. The quantitative estimate of drug-likeness (QED) is 0.412. The Balaban J connectivity index is 2.83. The molecule has 0 N–H and O–H groups in total. The molecule has 22 heavy (non-hydrogen) atoms. The van der Waals surface area contributed by atoms with Gasteiger partial charge in [-0.1, -0.05) is 45.2 Å². The summed E-state index contributed by atoms with van der Waals surface area (Å²) < 4.78 is 0. The lowest BCUT2D eigenvalue weighted by Crippen LogP contribution is -2.32. The summed E-state index contributed by atoms with van der Waals surface area (Å²) in [4.78, 5) is 39.7. The van der Waals surface area contributed by atoms with Crippen LogP contribution in [0.3, 0.4) is 0 Å². The van der Waals surface area contributed by atoms with E-state index >= 15 is 0 Å². The molecular weight excluding hydrogens is 282 g/mol. The summed E-state index contributed by atoms with van der Waals surface area (Å²) in [7, 11) is 0. The Labute approximate surface area is 130 Å². The minimum atomic E-state index is -0.789. The van der Waals surface area contributed by atoms with Gasteiger partial charge in [-0.2, -0.15) is 0 Å². The standard InChI is InChI=1S/C17H21NO4/c1-5-13(11-12(3)4)7-8-14(6-2)17(21)22-18-15(19)9-10-16(18)20/h5-8,12H,1-2,9-11H2,3-4H3/b13-7+,14-8+. The topological polar surface area (TPSA) is 63.7 Å². The van der Waals surface area contributed by atoms with Gasteiger partial charge in [-0.25, -0.2) is 4.79 Å². The molecule has 1 aliphatic heterocycles. The molecule has 1 fully saturated rings. The number of hydrogen-bond donors (Lipinski definition) is 0. The van der Waals surface area contributed by atoms with Crippen molar-refractivity contribution in [3.63, 3.8) is 0 Å². The van der Waals surface area contributed by atoms with Crippen LogP contribution in [-0.4, -0.2) is 22.8 Å². The Morgan fingerprint density at radius 2 is 1.77 bits per heavy atom. The van der Waals surface area contributed by atoms with Crippen LogP contribution in [0.25, 0.3) is 0 Å². The van der Waals surface area contributed by atoms with E-state index in [-0.39, 0.29) is 18.4 Å². The van der Waals surface area contributed by atoms with Crippen molar-refractivity contribution in [2.24, 2.45) is 5.92 Å². The summed E-state index contributed by atoms with van der Waals surface area (Å²) in [6.45, 7) is 11.4. The normalized spacial score (nSPS) is 16.2. The van der Waals surface area contributed by atoms with Gasteiger partial charge in [0.25, 0.3) is 11.8 Å². The lowest BCUT2D eigenvalue weighted by Gasteiger charge is -2.12. The summed E-state index contributed by atoms with van der Waals surface area (Å²) >= 11 is 0. The van der Waals surface area contributed by atoms with E-state index in [2.05, 4.69) is 27.0 Å². The summed E-state index contributed by atoms with van der Waals surface area (Å²) in [6, 6.07) is 0. The van der Waals surface area contributed by atoms with E-state index < -0.39 is 17.8 Å². The van der Waals surface area contributed by atoms with Gasteiger partial charge in [0.05, 0.1) is 5.57 Å². The van der Waals surface area contributed by atoms with E-state index in [1.54, 1.807) is 18.2 Å². The molecule has 0 bridgehead atoms. The van der Waals surface area contributed by atoms with E-state index in [0.29, 0.717) is 11.0 Å². The number of imide groups is 1. The van der Waals surface area contributed by atoms with Gasteiger partial charge in [-0.3, -0.25) is 9.59 Å². The van der Waals surface area contributed by atoms with E-state index in [9.17, 15) is 14.4 Å². The molecule has 0 aliphatic carbocycles. The highest BCUT2D eigenvalue weighted by molar-refractivity contribution is 6.03. The Kier molecular flexibility index (Phi) is 6.50. The van der Waals surface area contributed by atoms with Gasteiger partial charge in [0, 0.05) is 12.8 Å². The molecule has 1 aliphatic rings. The maximum absolute atomic E-state index is 12.0. The van der Waals surface area contributed by atoms with Gasteiger partial charge in [-0.05, 0) is 24.0 Å². The van der Waals surface area contributed by atoms with Crippen LogP contribution in [0.4, 0.5) is 0 Å². The molecule has 5 nitrogen and oxygen atoms in total. The molecule has 1 heterocycles. The zero-order chi connectivity index (χ0) is 16.7. The lowest BCUT2D eigenvalue weighted by atomic mass is 10.0. The fourth-order valence-corrected chi connectivity index (χ4v) is 1.90. The second kappa shape index (κ2) is 8.12. The van der Waals surface area contributed by atoms with Crippen LogP contribution in [0, 0.1) is 5.92 Å².